The molecule has 0 aromatic carbocycles. The van der Waals surface area contributed by atoms with Gasteiger partial charge in [-0.1, -0.05) is 0 Å². The fraction of sp³-hybridized carbons (Fsp3) is 0.385. The predicted octanol–water partition coefficient (Wildman–Crippen LogP) is 1.31. The van der Waals surface area contributed by atoms with Crippen molar-refractivity contribution in [2.75, 3.05) is 12.8 Å². The first kappa shape index (κ1) is 13.1. The summed E-state index contributed by atoms with van der Waals surface area (Å²) in [5.74, 6) is 0.362. The third-order valence-corrected chi connectivity index (χ3v) is 5.36. The van der Waals surface area contributed by atoms with Crippen LogP contribution in [0.2, 0.25) is 0 Å². The number of carbonyl (C=O) groups is 1. The Balaban J connectivity index is 1.65. The van der Waals surface area contributed by atoms with E-state index in [2.05, 4.69) is 15.5 Å². The van der Waals surface area contributed by atoms with Crippen LogP contribution in [0.3, 0.4) is 0 Å². The second-order valence-corrected chi connectivity index (χ2v) is 6.74. The van der Waals surface area contributed by atoms with Crippen LogP contribution in [0.5, 0.6) is 0 Å². The second-order valence-electron chi connectivity index (χ2n) is 4.96. The number of carbonyl (C=O) groups excluding carboxylic acids is 1. The average molecular weight is 293 g/mol. The van der Waals surface area contributed by atoms with Crippen molar-refractivity contribution in [1.29, 1.82) is 0 Å². The molecule has 1 atom stereocenters. The topological polar surface area (TPSA) is 88.0 Å². The Bertz CT molecular complexity index is 644. The van der Waals surface area contributed by atoms with Crippen molar-refractivity contribution in [2.24, 2.45) is 0 Å². The van der Waals surface area contributed by atoms with Gasteiger partial charge in [-0.15, -0.1) is 0 Å². The van der Waals surface area contributed by atoms with Gasteiger partial charge in [0, 0.05) is 29.7 Å². The number of nitrogens with zero attached hydrogens (tertiary/aromatic N) is 1. The normalized spacial score (nSPS) is 17.6. The first-order valence-corrected chi connectivity index (χ1v) is 7.88. The maximum Gasteiger partial charge on any atom is 0.271 e. The fourth-order valence-electron chi connectivity index (χ4n) is 2.03. The van der Waals surface area contributed by atoms with Gasteiger partial charge in [-0.2, -0.15) is 5.10 Å². The number of furan rings is 1. The van der Waals surface area contributed by atoms with Gasteiger partial charge >= 0.3 is 0 Å². The molecule has 20 heavy (non-hydrogen) atoms. The summed E-state index contributed by atoms with van der Waals surface area (Å²) < 4.78 is 16.6. The highest BCUT2D eigenvalue weighted by Crippen LogP contribution is 2.40. The molecule has 0 spiro atoms. The molecule has 0 saturated heterocycles. The number of H-pyrrole nitrogens is 1. The number of aromatic nitrogens is 2. The maximum absolute atomic E-state index is 12.0. The maximum atomic E-state index is 12.0. The van der Waals surface area contributed by atoms with E-state index < -0.39 is 10.8 Å². The average Bonchev–Trinajstić information content (AvgIpc) is 2.87. The summed E-state index contributed by atoms with van der Waals surface area (Å²) in [6.07, 6.45) is 5.04. The zero-order valence-electron chi connectivity index (χ0n) is 11.0. The van der Waals surface area contributed by atoms with Crippen LogP contribution in [0, 0.1) is 0 Å². The van der Waals surface area contributed by atoms with Crippen molar-refractivity contribution in [2.45, 2.75) is 17.6 Å². The van der Waals surface area contributed by atoms with E-state index in [9.17, 15) is 9.00 Å². The van der Waals surface area contributed by atoms with Crippen LogP contribution in [0.25, 0.3) is 11.5 Å². The molecule has 1 amide bonds. The van der Waals surface area contributed by atoms with E-state index in [1.54, 1.807) is 30.7 Å². The van der Waals surface area contributed by atoms with Gasteiger partial charge in [0.2, 0.25) is 0 Å². The first-order chi connectivity index (χ1) is 9.61. The van der Waals surface area contributed by atoms with E-state index in [0.717, 1.165) is 12.8 Å². The second kappa shape index (κ2) is 4.90. The number of aromatic amines is 1. The smallest absolute Gasteiger partial charge is 0.271 e. The molecule has 2 aromatic heterocycles. The van der Waals surface area contributed by atoms with E-state index in [1.165, 1.54) is 0 Å². The van der Waals surface area contributed by atoms with Crippen molar-refractivity contribution >= 4 is 16.7 Å². The van der Waals surface area contributed by atoms with Crippen molar-refractivity contribution in [3.05, 3.63) is 30.2 Å². The summed E-state index contributed by atoms with van der Waals surface area (Å²) in [5.41, 5.74) is 0.953. The molecule has 0 bridgehead atoms. The van der Waals surface area contributed by atoms with Gasteiger partial charge in [-0.05, 0) is 25.0 Å². The van der Waals surface area contributed by atoms with Crippen LogP contribution in [0.4, 0.5) is 0 Å². The quantitative estimate of drug-likeness (QED) is 0.870. The van der Waals surface area contributed by atoms with Crippen LogP contribution in [-0.4, -0.2) is 37.9 Å². The summed E-state index contributed by atoms with van der Waals surface area (Å²) in [7, 11) is -0.915. The highest BCUT2D eigenvalue weighted by Gasteiger charge is 2.46. The Kier molecular flexibility index (Phi) is 3.21. The van der Waals surface area contributed by atoms with E-state index in [4.69, 9.17) is 4.42 Å². The van der Waals surface area contributed by atoms with Crippen molar-refractivity contribution in [3.8, 4) is 11.5 Å². The van der Waals surface area contributed by atoms with Crippen molar-refractivity contribution in [3.63, 3.8) is 0 Å². The highest BCUT2D eigenvalue weighted by molar-refractivity contribution is 7.86. The molecule has 0 radical (unpaired) electrons. The lowest BCUT2D eigenvalue weighted by Gasteiger charge is -2.11. The molecule has 1 fully saturated rings. The molecule has 1 aliphatic carbocycles. The Morgan fingerprint density at radius 2 is 2.40 bits per heavy atom. The Hall–Kier alpha value is -1.89. The Morgan fingerprint density at radius 1 is 1.60 bits per heavy atom. The largest absolute Gasteiger partial charge is 0.463 e. The Labute approximate surface area is 118 Å². The number of hydrogen-bond acceptors (Lipinski definition) is 4. The van der Waals surface area contributed by atoms with Gasteiger partial charge in [0.1, 0.15) is 5.69 Å². The lowest BCUT2D eigenvalue weighted by Crippen LogP contribution is -2.35. The van der Waals surface area contributed by atoms with Crippen LogP contribution in [0.1, 0.15) is 23.3 Å². The minimum absolute atomic E-state index is 0.226. The molecule has 2 N–H and O–H groups in total. The molecule has 3 rings (SSSR count). The van der Waals surface area contributed by atoms with Gasteiger partial charge < -0.3 is 9.73 Å². The molecular formula is C13H15N3O3S. The number of hydrogen-bond donors (Lipinski definition) is 2. The van der Waals surface area contributed by atoms with Gasteiger partial charge in [-0.3, -0.25) is 14.1 Å². The third-order valence-electron chi connectivity index (χ3n) is 3.59. The van der Waals surface area contributed by atoms with E-state index >= 15 is 0 Å². The lowest BCUT2D eigenvalue weighted by atomic mass is 10.3. The minimum atomic E-state index is -0.915. The number of nitrogens with one attached hydrogen (secondary N) is 2. The highest BCUT2D eigenvalue weighted by atomic mass is 32.2. The molecule has 0 unspecified atom stereocenters. The summed E-state index contributed by atoms with van der Waals surface area (Å²) >= 11 is 0. The Morgan fingerprint density at radius 3 is 3.00 bits per heavy atom. The zero-order valence-corrected chi connectivity index (χ0v) is 11.8. The number of amides is 1. The van der Waals surface area contributed by atoms with Crippen LogP contribution in [-0.2, 0) is 10.8 Å². The van der Waals surface area contributed by atoms with E-state index in [0.29, 0.717) is 23.7 Å². The van der Waals surface area contributed by atoms with Gasteiger partial charge in [-0.25, -0.2) is 0 Å². The standard InChI is InChI=1S/C13H15N3O3S/c1-20(18)13(4-5-13)8-14-12(17)10-7-9(15-16-10)11-3-2-6-19-11/h2-3,6-7H,4-5,8H2,1H3,(H,14,17)(H,15,16)/t20-/m1/s1. The minimum Gasteiger partial charge on any atom is -0.463 e. The number of rotatable bonds is 5. The lowest BCUT2D eigenvalue weighted by molar-refractivity contribution is 0.0948. The molecule has 0 aliphatic heterocycles. The SMILES string of the molecule is C[S@@](=O)C1(CNC(=O)c2cc(-c3ccco3)[nH]n2)CC1. The predicted molar refractivity (Wildman–Crippen MR) is 74.7 cm³/mol. The van der Waals surface area contributed by atoms with Crippen molar-refractivity contribution < 1.29 is 13.4 Å². The first-order valence-electron chi connectivity index (χ1n) is 6.32. The zero-order chi connectivity index (χ0) is 14.2. The van der Waals surface area contributed by atoms with Crippen LogP contribution >= 0.6 is 0 Å². The van der Waals surface area contributed by atoms with Gasteiger partial charge in [0.15, 0.2) is 11.5 Å². The summed E-state index contributed by atoms with van der Waals surface area (Å²) in [4.78, 5) is 12.0. The van der Waals surface area contributed by atoms with Gasteiger partial charge in [0.05, 0.1) is 11.0 Å². The summed E-state index contributed by atoms with van der Waals surface area (Å²) in [5, 5.41) is 9.52. The van der Waals surface area contributed by atoms with E-state index in [-0.39, 0.29) is 10.7 Å². The molecule has 2 heterocycles. The molecule has 7 heteroatoms. The molecule has 1 saturated carbocycles. The summed E-state index contributed by atoms with van der Waals surface area (Å²) in [6.45, 7) is 0.428. The fourth-order valence-corrected chi connectivity index (χ4v) is 2.99. The molecule has 2 aromatic rings. The molecular weight excluding hydrogens is 278 g/mol. The molecule has 1 aliphatic rings. The van der Waals surface area contributed by atoms with Crippen LogP contribution in [0.15, 0.2) is 28.9 Å². The monoisotopic (exact) mass is 293 g/mol. The third kappa shape index (κ3) is 2.40. The summed E-state index contributed by atoms with van der Waals surface area (Å²) in [6, 6.07) is 5.19. The molecule has 6 nitrogen and oxygen atoms in total. The van der Waals surface area contributed by atoms with Crippen molar-refractivity contribution in [1.82, 2.24) is 15.5 Å². The van der Waals surface area contributed by atoms with E-state index in [1.807, 2.05) is 0 Å². The van der Waals surface area contributed by atoms with Gasteiger partial charge in [0.25, 0.3) is 5.91 Å². The van der Waals surface area contributed by atoms with Crippen LogP contribution < -0.4 is 5.32 Å². The molecule has 106 valence electrons.